The Bertz CT molecular complexity index is 1100. The van der Waals surface area contributed by atoms with Gasteiger partial charge in [-0.15, -0.1) is 0 Å². The Hall–Kier alpha value is -4.40. The standard InChI is InChI=1S/C16H4N8/c17-5-9(6-18)11-13-14(22-2-1-21-13)12(10(7-19)8-20)16-15(11)23-3-4-24-16/h1-4H. The predicted molar refractivity (Wildman–Crippen MR) is 81.2 cm³/mol. The van der Waals surface area contributed by atoms with E-state index in [1.807, 2.05) is 24.3 Å². The predicted octanol–water partition coefficient (Wildman–Crippen LogP) is -0.0313. The fourth-order valence-electron chi connectivity index (χ4n) is 2.38. The van der Waals surface area contributed by atoms with Crippen molar-refractivity contribution >= 4 is 33.2 Å². The number of benzene rings is 1. The summed E-state index contributed by atoms with van der Waals surface area (Å²) in [6.07, 6.45) is 5.57. The molecule has 0 amide bonds. The van der Waals surface area contributed by atoms with Crippen LogP contribution >= 0.6 is 0 Å². The summed E-state index contributed by atoms with van der Waals surface area (Å²) < 4.78 is 0. The third kappa shape index (κ3) is 1.97. The van der Waals surface area contributed by atoms with Crippen LogP contribution < -0.4 is 10.4 Å². The Labute approximate surface area is 134 Å². The van der Waals surface area contributed by atoms with Crippen LogP contribution in [0, 0.1) is 45.3 Å². The zero-order valence-corrected chi connectivity index (χ0v) is 11.9. The quantitative estimate of drug-likeness (QED) is 0.526. The van der Waals surface area contributed by atoms with Crippen LogP contribution in [0.5, 0.6) is 0 Å². The normalized spacial score (nSPS) is 9.50. The molecule has 8 nitrogen and oxygen atoms in total. The zero-order chi connectivity index (χ0) is 17.1. The molecule has 0 N–H and O–H groups in total. The monoisotopic (exact) mass is 308 g/mol. The summed E-state index contributed by atoms with van der Waals surface area (Å²) in [5, 5.41) is 37.4. The van der Waals surface area contributed by atoms with E-state index in [1.165, 1.54) is 24.8 Å². The lowest BCUT2D eigenvalue weighted by molar-refractivity contribution is 1.24. The first-order chi connectivity index (χ1) is 11.8. The Kier molecular flexibility index (Phi) is 3.49. The second-order valence-corrected chi connectivity index (χ2v) is 4.45. The molecule has 24 heavy (non-hydrogen) atoms. The first kappa shape index (κ1) is 14.5. The third-order valence-corrected chi connectivity index (χ3v) is 3.29. The highest BCUT2D eigenvalue weighted by atomic mass is 14.8. The van der Waals surface area contributed by atoms with E-state index < -0.39 is 0 Å². The third-order valence-electron chi connectivity index (χ3n) is 3.29. The molecule has 0 saturated carbocycles. The molecule has 0 unspecified atom stereocenters. The van der Waals surface area contributed by atoms with Crippen LogP contribution in [0.15, 0.2) is 24.8 Å². The molecule has 8 heteroatoms. The van der Waals surface area contributed by atoms with Crippen molar-refractivity contribution < 1.29 is 0 Å². The van der Waals surface area contributed by atoms with E-state index in [-0.39, 0.29) is 43.7 Å². The Morgan fingerprint density at radius 3 is 1.00 bits per heavy atom. The Morgan fingerprint density at radius 1 is 0.542 bits per heavy atom. The maximum absolute atomic E-state index is 9.25. The molecular formula is C16H4N8. The zero-order valence-electron chi connectivity index (χ0n) is 11.9. The highest BCUT2D eigenvalue weighted by molar-refractivity contribution is 6.00. The minimum Gasteiger partial charge on any atom is -0.252 e. The van der Waals surface area contributed by atoms with Crippen LogP contribution in [-0.4, -0.2) is 19.9 Å². The average Bonchev–Trinajstić information content (AvgIpc) is 2.64. The molecule has 108 valence electrons. The van der Waals surface area contributed by atoms with Gasteiger partial charge in [0.1, 0.15) is 57.5 Å². The number of hydrogen-bond donors (Lipinski definition) is 0. The lowest BCUT2D eigenvalue weighted by atomic mass is 10.0. The van der Waals surface area contributed by atoms with E-state index in [9.17, 15) is 21.0 Å². The van der Waals surface area contributed by atoms with E-state index in [0.29, 0.717) is 0 Å². The Morgan fingerprint density at radius 2 is 0.792 bits per heavy atom. The molecule has 0 aliphatic rings. The molecule has 3 rings (SSSR count). The molecule has 0 bridgehead atoms. The summed E-state index contributed by atoms with van der Waals surface area (Å²) in [4.78, 5) is 16.7. The van der Waals surface area contributed by atoms with Gasteiger partial charge in [0.2, 0.25) is 0 Å². The average molecular weight is 308 g/mol. The number of aromatic nitrogens is 4. The highest BCUT2D eigenvalue weighted by Gasteiger charge is 2.15. The summed E-state index contributed by atoms with van der Waals surface area (Å²) in [5.74, 6) is 0. The minimum absolute atomic E-state index is 0.185. The molecule has 0 spiro atoms. The van der Waals surface area contributed by atoms with E-state index in [2.05, 4.69) is 19.9 Å². The van der Waals surface area contributed by atoms with Crippen molar-refractivity contribution in [1.29, 1.82) is 21.0 Å². The van der Waals surface area contributed by atoms with Gasteiger partial charge in [-0.2, -0.15) is 21.0 Å². The molecule has 0 fully saturated rings. The molecule has 2 heterocycles. The highest BCUT2D eigenvalue weighted by Crippen LogP contribution is 2.09. The lowest BCUT2D eigenvalue weighted by Gasteiger charge is -2.04. The van der Waals surface area contributed by atoms with Crippen molar-refractivity contribution in [2.75, 3.05) is 0 Å². The SMILES string of the molecule is N#CC(C#N)=c1c2nccnc2c(=C(C#N)C#N)c2nccnc12. The summed E-state index contributed by atoms with van der Waals surface area (Å²) in [5.41, 5.74) is 0.437. The van der Waals surface area contributed by atoms with Crippen LogP contribution in [0.4, 0.5) is 0 Å². The molecule has 0 aliphatic heterocycles. The summed E-state index contributed by atoms with van der Waals surface area (Å²) in [6.45, 7) is 0. The molecule has 0 radical (unpaired) electrons. The largest absolute Gasteiger partial charge is 0.252 e. The number of rotatable bonds is 0. The summed E-state index contributed by atoms with van der Waals surface area (Å²) in [7, 11) is 0. The molecule has 3 aromatic rings. The van der Waals surface area contributed by atoms with Gasteiger partial charge in [-0.3, -0.25) is 19.9 Å². The van der Waals surface area contributed by atoms with E-state index in [0.717, 1.165) is 0 Å². The van der Waals surface area contributed by atoms with E-state index in [4.69, 9.17) is 0 Å². The maximum atomic E-state index is 9.25. The first-order valence-corrected chi connectivity index (χ1v) is 6.49. The van der Waals surface area contributed by atoms with E-state index >= 15 is 0 Å². The smallest absolute Gasteiger partial charge is 0.141 e. The van der Waals surface area contributed by atoms with Crippen molar-refractivity contribution in [2.24, 2.45) is 0 Å². The van der Waals surface area contributed by atoms with Gasteiger partial charge < -0.3 is 0 Å². The van der Waals surface area contributed by atoms with Crippen molar-refractivity contribution in [3.05, 3.63) is 35.2 Å². The van der Waals surface area contributed by atoms with Crippen LogP contribution in [-0.2, 0) is 0 Å². The van der Waals surface area contributed by atoms with Gasteiger partial charge in [0.25, 0.3) is 0 Å². The van der Waals surface area contributed by atoms with Gasteiger partial charge >= 0.3 is 0 Å². The molecular weight excluding hydrogens is 304 g/mol. The number of fused-ring (bicyclic) bond motifs is 2. The molecule has 2 aromatic heterocycles. The summed E-state index contributed by atoms with van der Waals surface area (Å²) >= 11 is 0. The molecule has 1 aromatic carbocycles. The van der Waals surface area contributed by atoms with Crippen molar-refractivity contribution in [1.82, 2.24) is 19.9 Å². The van der Waals surface area contributed by atoms with Gasteiger partial charge in [-0.25, -0.2) is 0 Å². The lowest BCUT2D eigenvalue weighted by Crippen LogP contribution is -2.22. The fraction of sp³-hybridized carbons (Fsp3) is 0. The topological polar surface area (TPSA) is 147 Å². The van der Waals surface area contributed by atoms with Crippen LogP contribution in [0.2, 0.25) is 0 Å². The second kappa shape index (κ2) is 5.77. The van der Waals surface area contributed by atoms with Crippen molar-refractivity contribution in [3.8, 4) is 24.3 Å². The fourth-order valence-corrected chi connectivity index (χ4v) is 2.38. The number of nitrogens with zero attached hydrogens (tertiary/aromatic N) is 8. The summed E-state index contributed by atoms with van der Waals surface area (Å²) in [6, 6.07) is 7.25. The van der Waals surface area contributed by atoms with E-state index in [1.54, 1.807) is 0 Å². The van der Waals surface area contributed by atoms with Gasteiger partial charge in [0.15, 0.2) is 0 Å². The maximum Gasteiger partial charge on any atom is 0.141 e. The first-order valence-electron chi connectivity index (χ1n) is 6.49. The van der Waals surface area contributed by atoms with Crippen molar-refractivity contribution in [3.63, 3.8) is 0 Å². The van der Waals surface area contributed by atoms with Crippen LogP contribution in [0.1, 0.15) is 0 Å². The second-order valence-electron chi connectivity index (χ2n) is 4.45. The molecule has 0 saturated heterocycles. The van der Waals surface area contributed by atoms with Gasteiger partial charge in [-0.05, 0) is 0 Å². The van der Waals surface area contributed by atoms with Gasteiger partial charge in [-0.1, -0.05) is 0 Å². The van der Waals surface area contributed by atoms with Crippen molar-refractivity contribution in [2.45, 2.75) is 0 Å². The number of hydrogen-bond acceptors (Lipinski definition) is 8. The van der Waals surface area contributed by atoms with Crippen LogP contribution in [0.25, 0.3) is 33.2 Å². The molecule has 0 aliphatic carbocycles. The van der Waals surface area contributed by atoms with Gasteiger partial charge in [0, 0.05) is 24.8 Å². The minimum atomic E-state index is -0.201. The van der Waals surface area contributed by atoms with Gasteiger partial charge in [0.05, 0.1) is 10.4 Å². The van der Waals surface area contributed by atoms with Crippen LogP contribution in [0.3, 0.4) is 0 Å². The number of nitriles is 4. The molecule has 0 atom stereocenters. The Balaban J connectivity index is 2.95.